The van der Waals surface area contributed by atoms with Crippen molar-refractivity contribution >= 4 is 6.41 Å². The minimum atomic E-state index is 0.625. The molecule has 0 aromatic heterocycles. The Labute approximate surface area is 119 Å². The van der Waals surface area contributed by atoms with Crippen LogP contribution in [0.4, 0.5) is 0 Å². The molecule has 110 valence electrons. The van der Waals surface area contributed by atoms with Crippen LogP contribution in [0.3, 0.4) is 0 Å². The second-order valence-electron chi connectivity index (χ2n) is 2.91. The smallest absolute Gasteiger partial charge is 0.206 e. The van der Waals surface area contributed by atoms with E-state index in [1.807, 2.05) is 31.2 Å². The average molecular weight is 266 g/mol. The van der Waals surface area contributed by atoms with Gasteiger partial charge in [0, 0.05) is 7.05 Å². The van der Waals surface area contributed by atoms with E-state index in [4.69, 9.17) is 4.79 Å². The van der Waals surface area contributed by atoms with Gasteiger partial charge in [-0.3, -0.25) is 4.79 Å². The van der Waals surface area contributed by atoms with E-state index in [2.05, 4.69) is 43.9 Å². The fraction of sp³-hybridized carbons (Fsp3) is 0.438. The van der Waals surface area contributed by atoms with Crippen molar-refractivity contribution < 1.29 is 4.79 Å². The first kappa shape index (κ1) is 25.9. The van der Waals surface area contributed by atoms with Gasteiger partial charge >= 0.3 is 0 Å². The molecule has 3 nitrogen and oxygen atoms in total. The average Bonchev–Trinajstić information content (AvgIpc) is 2.48. The zero-order valence-corrected chi connectivity index (χ0v) is 12.9. The Hall–Kier alpha value is -1.79. The summed E-state index contributed by atoms with van der Waals surface area (Å²) in [5, 5.41) is 5.45. The molecule has 0 heterocycles. The molecule has 0 radical (unpaired) electrons. The van der Waals surface area contributed by atoms with Crippen LogP contribution < -0.4 is 10.6 Å². The van der Waals surface area contributed by atoms with Crippen molar-refractivity contribution in [2.75, 3.05) is 20.1 Å². The lowest BCUT2D eigenvalue weighted by Crippen LogP contribution is -2.12. The number of carbonyl (C=O) groups excluding carboxylic acids is 1. The van der Waals surface area contributed by atoms with Gasteiger partial charge in [0.25, 0.3) is 0 Å². The van der Waals surface area contributed by atoms with Crippen LogP contribution >= 0.6 is 0 Å². The molecule has 0 aromatic rings. The van der Waals surface area contributed by atoms with E-state index >= 15 is 0 Å². The molecule has 1 amide bonds. The summed E-state index contributed by atoms with van der Waals surface area (Å²) in [6.07, 6.45) is 19.4. The number of amides is 1. The molecule has 0 aromatic carbocycles. The maximum atomic E-state index is 9.06. The van der Waals surface area contributed by atoms with Crippen molar-refractivity contribution in [1.29, 1.82) is 0 Å². The summed E-state index contributed by atoms with van der Waals surface area (Å²) in [6.45, 7) is 12.0. The second-order valence-corrected chi connectivity index (χ2v) is 2.91. The second kappa shape index (κ2) is 44.2. The third-order valence-corrected chi connectivity index (χ3v) is 1.35. The highest BCUT2D eigenvalue weighted by Gasteiger charge is 1.71. The Morgan fingerprint density at radius 2 is 1.68 bits per heavy atom. The molecule has 0 saturated carbocycles. The zero-order chi connectivity index (χ0) is 15.8. The molecule has 0 unspecified atom stereocenters. The van der Waals surface area contributed by atoms with Crippen LogP contribution in [0, 0.1) is 12.8 Å². The molecule has 3 heteroatoms. The monoisotopic (exact) mass is 266 g/mol. The summed E-state index contributed by atoms with van der Waals surface area (Å²) in [5.41, 5.74) is 0. The van der Waals surface area contributed by atoms with Gasteiger partial charge in [0.15, 0.2) is 0 Å². The number of terminal acetylenes is 1. The highest BCUT2D eigenvalue weighted by Crippen LogP contribution is 1.74. The molecule has 0 rings (SSSR count). The van der Waals surface area contributed by atoms with Crippen LogP contribution in [0.25, 0.3) is 0 Å². The van der Waals surface area contributed by atoms with Crippen LogP contribution in [-0.4, -0.2) is 26.5 Å². The van der Waals surface area contributed by atoms with Crippen molar-refractivity contribution in [3.05, 3.63) is 37.0 Å². The maximum absolute atomic E-state index is 9.06. The summed E-state index contributed by atoms with van der Waals surface area (Å²) >= 11 is 0. The fourth-order valence-corrected chi connectivity index (χ4v) is 0.607. The van der Waals surface area contributed by atoms with E-state index in [1.54, 1.807) is 13.1 Å². The van der Waals surface area contributed by atoms with E-state index in [0.29, 0.717) is 6.41 Å². The molecule has 0 aliphatic carbocycles. The van der Waals surface area contributed by atoms with Gasteiger partial charge in [-0.2, -0.15) is 0 Å². The number of rotatable bonds is 6. The summed E-state index contributed by atoms with van der Waals surface area (Å²) in [4.78, 5) is 9.06. The lowest BCUT2D eigenvalue weighted by atomic mass is 10.4. The first-order chi connectivity index (χ1) is 9.24. The predicted molar refractivity (Wildman–Crippen MR) is 88.0 cm³/mol. The lowest BCUT2D eigenvalue weighted by Gasteiger charge is -1.91. The van der Waals surface area contributed by atoms with Crippen LogP contribution in [0.1, 0.15) is 27.2 Å². The molecular weight excluding hydrogens is 236 g/mol. The molecule has 0 spiro atoms. The predicted octanol–water partition coefficient (Wildman–Crippen LogP) is 2.92. The molecule has 0 aliphatic rings. The molecule has 0 fully saturated rings. The van der Waals surface area contributed by atoms with Crippen molar-refractivity contribution in [2.24, 2.45) is 0 Å². The molecular formula is C16H30N2O. The molecule has 19 heavy (non-hydrogen) atoms. The van der Waals surface area contributed by atoms with Crippen LogP contribution in [-0.2, 0) is 4.79 Å². The third kappa shape index (κ3) is 84.9. The van der Waals surface area contributed by atoms with Gasteiger partial charge in [-0.05, 0) is 26.4 Å². The molecule has 0 bridgehead atoms. The normalized spacial score (nSPS) is 8.11. The summed E-state index contributed by atoms with van der Waals surface area (Å²) in [6, 6.07) is 0. The van der Waals surface area contributed by atoms with Crippen molar-refractivity contribution in [2.45, 2.75) is 27.2 Å². The quantitative estimate of drug-likeness (QED) is 0.336. The van der Waals surface area contributed by atoms with Gasteiger partial charge in [-0.25, -0.2) is 0 Å². The van der Waals surface area contributed by atoms with Crippen molar-refractivity contribution in [1.82, 2.24) is 10.6 Å². The largest absolute Gasteiger partial charge is 0.362 e. The third-order valence-electron chi connectivity index (χ3n) is 1.35. The highest BCUT2D eigenvalue weighted by atomic mass is 16.1. The number of hydrogen-bond acceptors (Lipinski definition) is 2. The van der Waals surface area contributed by atoms with E-state index in [9.17, 15) is 0 Å². The van der Waals surface area contributed by atoms with Gasteiger partial charge in [-0.15, -0.1) is 12.8 Å². The maximum Gasteiger partial charge on any atom is 0.206 e. The Bertz CT molecular complexity index is 214. The van der Waals surface area contributed by atoms with Gasteiger partial charge in [-0.1, -0.05) is 50.8 Å². The van der Waals surface area contributed by atoms with E-state index in [0.717, 1.165) is 13.1 Å². The number of hydrogen-bond donors (Lipinski definition) is 2. The number of nitrogens with one attached hydrogen (secondary N) is 2. The van der Waals surface area contributed by atoms with E-state index in [-0.39, 0.29) is 0 Å². The Kier molecular flexibility index (Phi) is 60.3. The minimum Gasteiger partial charge on any atom is -0.362 e. The summed E-state index contributed by atoms with van der Waals surface area (Å²) < 4.78 is 0. The molecule has 2 N–H and O–H groups in total. The number of allylic oxidation sites excluding steroid dienone is 5. The molecule has 0 saturated heterocycles. The van der Waals surface area contributed by atoms with Crippen molar-refractivity contribution in [3.63, 3.8) is 0 Å². The van der Waals surface area contributed by atoms with Crippen LogP contribution in [0.2, 0.25) is 0 Å². The van der Waals surface area contributed by atoms with E-state index in [1.165, 1.54) is 6.42 Å². The molecule has 0 atom stereocenters. The molecule has 0 aliphatic heterocycles. The Morgan fingerprint density at radius 3 is 1.89 bits per heavy atom. The SMILES string of the molecule is C#C.C=C/C=C\C=C/C.CCCNCC.CNC=O. The first-order valence-corrected chi connectivity index (χ1v) is 6.30. The van der Waals surface area contributed by atoms with Gasteiger partial charge in [0.05, 0.1) is 0 Å². The fourth-order valence-electron chi connectivity index (χ4n) is 0.607. The Morgan fingerprint density at radius 1 is 1.16 bits per heavy atom. The topological polar surface area (TPSA) is 41.1 Å². The lowest BCUT2D eigenvalue weighted by molar-refractivity contribution is -0.109. The highest BCUT2D eigenvalue weighted by molar-refractivity contribution is 5.44. The Balaban J connectivity index is -0.0000000858. The zero-order valence-electron chi connectivity index (χ0n) is 12.9. The standard InChI is InChI=1S/C7H10.C5H13N.C2H5NO.C2H2/c1-3-5-7-6-4-2;1-3-5-6-4-2;1-3-2-4;1-2/h3-7H,1H2,2H3;6H,3-5H2,1-2H3;2H,1H3,(H,3,4);1-2H/b6-4-,7-5-;;;. The van der Waals surface area contributed by atoms with E-state index < -0.39 is 0 Å². The first-order valence-electron chi connectivity index (χ1n) is 6.30. The van der Waals surface area contributed by atoms with Gasteiger partial charge in [0.2, 0.25) is 6.41 Å². The summed E-state index contributed by atoms with van der Waals surface area (Å²) in [5.74, 6) is 0. The van der Waals surface area contributed by atoms with Gasteiger partial charge in [0.1, 0.15) is 0 Å². The van der Waals surface area contributed by atoms with Crippen LogP contribution in [0.15, 0.2) is 37.0 Å². The van der Waals surface area contributed by atoms with Crippen molar-refractivity contribution in [3.8, 4) is 12.8 Å². The number of carbonyl (C=O) groups is 1. The van der Waals surface area contributed by atoms with Crippen LogP contribution in [0.5, 0.6) is 0 Å². The van der Waals surface area contributed by atoms with Gasteiger partial charge < -0.3 is 10.6 Å². The summed E-state index contributed by atoms with van der Waals surface area (Å²) in [7, 11) is 1.56. The minimum absolute atomic E-state index is 0.625.